The van der Waals surface area contributed by atoms with Gasteiger partial charge in [-0.2, -0.15) is 0 Å². The maximum atomic E-state index is 12.1. The Balaban J connectivity index is 1.60. The van der Waals surface area contributed by atoms with Crippen LogP contribution in [0.4, 0.5) is 5.69 Å². The molecule has 0 bridgehead atoms. The molecule has 6 nitrogen and oxygen atoms in total. The van der Waals surface area contributed by atoms with E-state index in [1.54, 1.807) is 17.2 Å². The van der Waals surface area contributed by atoms with Crippen LogP contribution >= 0.6 is 0 Å². The Morgan fingerprint density at radius 1 is 1.38 bits per heavy atom. The van der Waals surface area contributed by atoms with Gasteiger partial charge in [-0.05, 0) is 38.7 Å². The van der Waals surface area contributed by atoms with Gasteiger partial charge in [0.25, 0.3) is 5.91 Å². The fraction of sp³-hybridized carbons (Fsp3) is 0.600. The molecule has 2 aliphatic rings. The lowest BCUT2D eigenvalue weighted by molar-refractivity contribution is -0.134. The Labute approximate surface area is 123 Å². The minimum Gasteiger partial charge on any atom is -0.451 e. The lowest BCUT2D eigenvalue weighted by atomic mass is 10.4. The van der Waals surface area contributed by atoms with Crippen molar-refractivity contribution in [2.24, 2.45) is 0 Å². The van der Waals surface area contributed by atoms with Crippen LogP contribution in [0.5, 0.6) is 0 Å². The van der Waals surface area contributed by atoms with Crippen molar-refractivity contribution in [2.45, 2.75) is 44.7 Å². The summed E-state index contributed by atoms with van der Waals surface area (Å²) in [5.74, 6) is -0.593. The molecular formula is C15H21N3O3. The van der Waals surface area contributed by atoms with Crippen LogP contribution < -0.4 is 5.73 Å². The molecule has 1 aromatic rings. The van der Waals surface area contributed by atoms with Crippen molar-refractivity contribution in [3.63, 3.8) is 0 Å². The number of hydrogen-bond acceptors (Lipinski definition) is 4. The van der Waals surface area contributed by atoms with E-state index in [1.165, 1.54) is 0 Å². The quantitative estimate of drug-likeness (QED) is 0.807. The Bertz CT molecular complexity index is 559. The van der Waals surface area contributed by atoms with Gasteiger partial charge in [-0.25, -0.2) is 4.79 Å². The van der Waals surface area contributed by atoms with E-state index in [1.807, 2.05) is 11.5 Å². The van der Waals surface area contributed by atoms with E-state index < -0.39 is 5.97 Å². The van der Waals surface area contributed by atoms with E-state index in [9.17, 15) is 9.59 Å². The molecule has 0 spiro atoms. The molecule has 2 aliphatic carbocycles. The second-order valence-corrected chi connectivity index (χ2v) is 5.78. The normalized spacial score (nSPS) is 17.6. The van der Waals surface area contributed by atoms with Gasteiger partial charge < -0.3 is 19.9 Å². The van der Waals surface area contributed by atoms with E-state index >= 15 is 0 Å². The van der Waals surface area contributed by atoms with Gasteiger partial charge in [0.15, 0.2) is 6.61 Å². The topological polar surface area (TPSA) is 77.6 Å². The maximum absolute atomic E-state index is 12.1. The van der Waals surface area contributed by atoms with Gasteiger partial charge in [-0.1, -0.05) is 0 Å². The van der Waals surface area contributed by atoms with Gasteiger partial charge in [0, 0.05) is 24.8 Å². The highest BCUT2D eigenvalue weighted by molar-refractivity contribution is 5.91. The number of nitrogens with zero attached hydrogens (tertiary/aromatic N) is 2. The van der Waals surface area contributed by atoms with Crippen LogP contribution in [-0.4, -0.2) is 40.5 Å². The number of hydrogen-bond donors (Lipinski definition) is 1. The van der Waals surface area contributed by atoms with Crippen molar-refractivity contribution in [2.75, 3.05) is 18.9 Å². The Morgan fingerprint density at radius 2 is 2.10 bits per heavy atom. The average molecular weight is 291 g/mol. The van der Waals surface area contributed by atoms with Crippen molar-refractivity contribution in [3.05, 3.63) is 18.0 Å². The van der Waals surface area contributed by atoms with Crippen LogP contribution in [0.1, 0.15) is 49.1 Å². The molecule has 2 N–H and O–H groups in total. The lowest BCUT2D eigenvalue weighted by Gasteiger charge is -2.20. The van der Waals surface area contributed by atoms with Crippen molar-refractivity contribution in [3.8, 4) is 0 Å². The molecule has 3 rings (SSSR count). The van der Waals surface area contributed by atoms with Crippen LogP contribution in [-0.2, 0) is 9.53 Å². The first kappa shape index (κ1) is 14.0. The summed E-state index contributed by atoms with van der Waals surface area (Å²) < 4.78 is 7.04. The molecule has 0 unspecified atom stereocenters. The predicted octanol–water partition coefficient (Wildman–Crippen LogP) is 1.57. The number of nitrogen functional groups attached to an aromatic ring is 1. The molecule has 2 fully saturated rings. The first-order valence-corrected chi connectivity index (χ1v) is 7.54. The summed E-state index contributed by atoms with van der Waals surface area (Å²) in [6.07, 6.45) is 5.97. The van der Waals surface area contributed by atoms with Crippen LogP contribution in [0, 0.1) is 0 Å². The predicted molar refractivity (Wildman–Crippen MR) is 77.8 cm³/mol. The molecule has 0 aromatic carbocycles. The summed E-state index contributed by atoms with van der Waals surface area (Å²) in [5, 5.41) is 0. The standard InChI is InChI=1S/C15H21N3O3/c1-2-17(11-3-4-11)14(19)9-21-15(20)13-7-10(16)8-18(13)12-5-6-12/h7-8,11-12H,2-6,9,16H2,1H3. The van der Waals surface area contributed by atoms with Crippen LogP contribution in [0.25, 0.3) is 0 Å². The molecule has 114 valence electrons. The minimum absolute atomic E-state index is 0.120. The van der Waals surface area contributed by atoms with Gasteiger partial charge in [0.05, 0.1) is 5.69 Å². The second-order valence-electron chi connectivity index (χ2n) is 5.78. The monoisotopic (exact) mass is 291 g/mol. The molecule has 0 saturated heterocycles. The fourth-order valence-electron chi connectivity index (χ4n) is 2.63. The second kappa shape index (κ2) is 5.42. The van der Waals surface area contributed by atoms with E-state index in [2.05, 4.69) is 0 Å². The largest absolute Gasteiger partial charge is 0.451 e. The van der Waals surface area contributed by atoms with Crippen LogP contribution in [0.15, 0.2) is 12.3 Å². The minimum atomic E-state index is -0.473. The smallest absolute Gasteiger partial charge is 0.355 e. The number of anilines is 1. The van der Waals surface area contributed by atoms with E-state index in [0.717, 1.165) is 25.7 Å². The van der Waals surface area contributed by atoms with Gasteiger partial charge in [-0.15, -0.1) is 0 Å². The fourth-order valence-corrected chi connectivity index (χ4v) is 2.63. The summed E-state index contributed by atoms with van der Waals surface area (Å²) in [6.45, 7) is 2.41. The number of rotatable bonds is 6. The van der Waals surface area contributed by atoms with Crippen LogP contribution in [0.3, 0.4) is 0 Å². The van der Waals surface area contributed by atoms with E-state index in [0.29, 0.717) is 30.0 Å². The van der Waals surface area contributed by atoms with Crippen molar-refractivity contribution < 1.29 is 14.3 Å². The number of nitrogens with two attached hydrogens (primary N) is 1. The number of ether oxygens (including phenoxy) is 1. The molecule has 1 heterocycles. The van der Waals surface area contributed by atoms with E-state index in [-0.39, 0.29) is 12.5 Å². The number of esters is 1. The number of carbonyl (C=O) groups excluding carboxylic acids is 2. The van der Waals surface area contributed by atoms with Gasteiger partial charge in [0.2, 0.25) is 0 Å². The SMILES string of the molecule is CCN(C(=O)COC(=O)c1cc(N)cn1C1CC1)C1CC1. The Kier molecular flexibility index (Phi) is 3.61. The summed E-state index contributed by atoms with van der Waals surface area (Å²) in [5.41, 5.74) is 6.74. The van der Waals surface area contributed by atoms with E-state index in [4.69, 9.17) is 10.5 Å². The average Bonchev–Trinajstić information content (AvgIpc) is 3.36. The Morgan fingerprint density at radius 3 is 2.67 bits per heavy atom. The number of carbonyl (C=O) groups is 2. The molecule has 1 aromatic heterocycles. The molecule has 0 aliphatic heterocycles. The van der Waals surface area contributed by atoms with Gasteiger partial charge in [-0.3, -0.25) is 4.79 Å². The van der Waals surface area contributed by atoms with Gasteiger partial charge in [0.1, 0.15) is 5.69 Å². The molecular weight excluding hydrogens is 270 g/mol. The molecule has 0 radical (unpaired) electrons. The van der Waals surface area contributed by atoms with Crippen LogP contribution in [0.2, 0.25) is 0 Å². The first-order valence-electron chi connectivity index (χ1n) is 7.54. The Hall–Kier alpha value is -1.98. The zero-order valence-corrected chi connectivity index (χ0v) is 12.2. The van der Waals surface area contributed by atoms with Crippen molar-refractivity contribution in [1.82, 2.24) is 9.47 Å². The highest BCUT2D eigenvalue weighted by atomic mass is 16.5. The van der Waals surface area contributed by atoms with Crippen molar-refractivity contribution in [1.29, 1.82) is 0 Å². The first-order chi connectivity index (χ1) is 10.1. The third kappa shape index (κ3) is 3.04. The zero-order valence-electron chi connectivity index (χ0n) is 12.2. The summed E-state index contributed by atoms with van der Waals surface area (Å²) >= 11 is 0. The molecule has 0 atom stereocenters. The summed E-state index contributed by atoms with van der Waals surface area (Å²) in [6, 6.07) is 2.30. The highest BCUT2D eigenvalue weighted by Crippen LogP contribution is 2.37. The molecule has 1 amide bonds. The number of amides is 1. The zero-order chi connectivity index (χ0) is 15.0. The molecule has 21 heavy (non-hydrogen) atoms. The third-order valence-corrected chi connectivity index (χ3v) is 3.99. The van der Waals surface area contributed by atoms with Gasteiger partial charge >= 0.3 is 5.97 Å². The molecule has 6 heteroatoms. The number of aromatic nitrogens is 1. The lowest BCUT2D eigenvalue weighted by Crippen LogP contribution is -2.36. The summed E-state index contributed by atoms with van der Waals surface area (Å²) in [4.78, 5) is 26.0. The number of likely N-dealkylation sites (N-methyl/N-ethyl adjacent to an activating group) is 1. The third-order valence-electron chi connectivity index (χ3n) is 3.99. The maximum Gasteiger partial charge on any atom is 0.355 e. The highest BCUT2D eigenvalue weighted by Gasteiger charge is 2.32. The summed E-state index contributed by atoms with van der Waals surface area (Å²) in [7, 11) is 0. The molecule has 2 saturated carbocycles. The van der Waals surface area contributed by atoms with Crippen molar-refractivity contribution >= 4 is 17.6 Å².